The van der Waals surface area contributed by atoms with Gasteiger partial charge in [-0.25, -0.2) is 16.8 Å². The summed E-state index contributed by atoms with van der Waals surface area (Å²) in [5, 5.41) is -0.248. The highest BCUT2D eigenvalue weighted by Gasteiger charge is 2.19. The lowest BCUT2D eigenvalue weighted by Crippen LogP contribution is -2.04. The number of hydrogen-bond donors (Lipinski definition) is 0. The lowest BCUT2D eigenvalue weighted by atomic mass is 10.3. The summed E-state index contributed by atoms with van der Waals surface area (Å²) in [6, 6.07) is 7.18. The van der Waals surface area contributed by atoms with Crippen molar-refractivity contribution in [3.8, 4) is 5.75 Å². The minimum absolute atomic E-state index is 0.130. The predicted octanol–water partition coefficient (Wildman–Crippen LogP) is 1.67. The number of methoxy groups -OCH3 is 1. The summed E-state index contributed by atoms with van der Waals surface area (Å²) < 4.78 is 56.9. The van der Waals surface area contributed by atoms with Gasteiger partial charge < -0.3 is 9.15 Å². The van der Waals surface area contributed by atoms with E-state index >= 15 is 0 Å². The van der Waals surface area contributed by atoms with Gasteiger partial charge >= 0.3 is 0 Å². The van der Waals surface area contributed by atoms with E-state index in [1.807, 2.05) is 0 Å². The van der Waals surface area contributed by atoms with Crippen LogP contribution in [-0.2, 0) is 25.4 Å². The van der Waals surface area contributed by atoms with Gasteiger partial charge in [-0.1, -0.05) is 0 Å². The summed E-state index contributed by atoms with van der Waals surface area (Å²) in [6.45, 7) is 0. The van der Waals surface area contributed by atoms with E-state index in [9.17, 15) is 16.8 Å². The van der Waals surface area contributed by atoms with Gasteiger partial charge in [0.15, 0.2) is 9.84 Å². The molecule has 0 spiro atoms. The van der Waals surface area contributed by atoms with Crippen LogP contribution in [0.2, 0.25) is 0 Å². The van der Waals surface area contributed by atoms with Crippen LogP contribution >= 0.6 is 0 Å². The van der Waals surface area contributed by atoms with Gasteiger partial charge in [0.2, 0.25) is 14.9 Å². The van der Waals surface area contributed by atoms with Gasteiger partial charge in [-0.3, -0.25) is 0 Å². The summed E-state index contributed by atoms with van der Waals surface area (Å²) in [6.07, 6.45) is 2.13. The van der Waals surface area contributed by atoms with Crippen LogP contribution in [0, 0.1) is 0 Å². The number of hydrogen-bond acceptors (Lipinski definition) is 6. The highest BCUT2D eigenvalue weighted by molar-refractivity contribution is 7.91. The number of furan rings is 1. The minimum Gasteiger partial charge on any atom is -0.497 e. The fraction of sp³-hybridized carbons (Fsp3) is 0.231. The van der Waals surface area contributed by atoms with E-state index in [1.165, 1.54) is 25.3 Å². The summed E-state index contributed by atoms with van der Waals surface area (Å²) in [5.74, 6) is 0.217. The maximum Gasteiger partial charge on any atom is 0.217 e. The molecular weight excluding hydrogens is 316 g/mol. The molecule has 0 radical (unpaired) electrons. The Morgan fingerprint density at radius 2 is 1.71 bits per heavy atom. The summed E-state index contributed by atoms with van der Waals surface area (Å²) >= 11 is 0. The number of ether oxygens (including phenoxy) is 1. The molecule has 0 unspecified atom stereocenters. The van der Waals surface area contributed by atoms with Crippen LogP contribution < -0.4 is 4.74 Å². The van der Waals surface area contributed by atoms with Crippen molar-refractivity contribution in [3.63, 3.8) is 0 Å². The molecule has 0 amide bonds. The quantitative estimate of drug-likeness (QED) is 0.828. The Labute approximate surface area is 123 Å². The van der Waals surface area contributed by atoms with Gasteiger partial charge in [0, 0.05) is 11.8 Å². The average molecular weight is 330 g/mol. The Morgan fingerprint density at radius 3 is 2.19 bits per heavy atom. The average Bonchev–Trinajstić information content (AvgIpc) is 2.86. The Bertz CT molecular complexity index is 829. The smallest absolute Gasteiger partial charge is 0.217 e. The second-order valence-corrected chi connectivity index (χ2v) is 8.42. The Kier molecular flexibility index (Phi) is 4.11. The van der Waals surface area contributed by atoms with Crippen molar-refractivity contribution < 1.29 is 26.0 Å². The van der Waals surface area contributed by atoms with E-state index in [0.717, 1.165) is 12.5 Å². The van der Waals surface area contributed by atoms with E-state index in [2.05, 4.69) is 0 Å². The van der Waals surface area contributed by atoms with Crippen molar-refractivity contribution in [1.82, 2.24) is 0 Å². The molecule has 2 aromatic rings. The molecule has 1 heterocycles. The highest BCUT2D eigenvalue weighted by atomic mass is 32.2. The maximum atomic E-state index is 12.2. The molecule has 1 aromatic carbocycles. The van der Waals surface area contributed by atoms with Crippen molar-refractivity contribution >= 4 is 19.7 Å². The first-order valence-electron chi connectivity index (χ1n) is 5.86. The van der Waals surface area contributed by atoms with Gasteiger partial charge in [-0.05, 0) is 30.3 Å². The molecule has 21 heavy (non-hydrogen) atoms. The van der Waals surface area contributed by atoms with Gasteiger partial charge in [0.25, 0.3) is 0 Å². The Balaban J connectivity index is 2.26. The van der Waals surface area contributed by atoms with Crippen LogP contribution in [0.1, 0.15) is 5.56 Å². The van der Waals surface area contributed by atoms with E-state index in [4.69, 9.17) is 9.15 Å². The van der Waals surface area contributed by atoms with E-state index in [1.54, 1.807) is 12.1 Å². The monoisotopic (exact) mass is 330 g/mol. The van der Waals surface area contributed by atoms with Crippen molar-refractivity contribution in [1.29, 1.82) is 0 Å². The molecule has 0 bridgehead atoms. The van der Waals surface area contributed by atoms with Gasteiger partial charge in [0.05, 0.1) is 24.0 Å². The van der Waals surface area contributed by atoms with Crippen molar-refractivity contribution in [2.45, 2.75) is 15.7 Å². The second-order valence-electron chi connectivity index (χ2n) is 4.48. The fourth-order valence-corrected chi connectivity index (χ4v) is 3.61. The van der Waals surface area contributed by atoms with E-state index in [-0.39, 0.29) is 21.3 Å². The maximum absolute atomic E-state index is 12.2. The molecule has 6 nitrogen and oxygen atoms in total. The zero-order valence-electron chi connectivity index (χ0n) is 11.4. The standard InChI is InChI=1S/C13H14O6S2/c1-18-11-3-5-12(6-4-11)21(16,17)9-10-7-13(19-8-10)20(2,14)15/h3-8H,9H2,1-2H3. The van der Waals surface area contributed by atoms with E-state index in [0.29, 0.717) is 5.75 Å². The molecule has 114 valence electrons. The molecule has 0 saturated carbocycles. The number of sulfone groups is 2. The summed E-state index contributed by atoms with van der Waals surface area (Å²) in [4.78, 5) is 0.130. The van der Waals surface area contributed by atoms with E-state index < -0.39 is 19.7 Å². The van der Waals surface area contributed by atoms with Crippen molar-refractivity contribution in [3.05, 3.63) is 42.2 Å². The summed E-state index contributed by atoms with van der Waals surface area (Å²) in [5.41, 5.74) is 0.284. The zero-order valence-corrected chi connectivity index (χ0v) is 13.1. The van der Waals surface area contributed by atoms with Gasteiger partial charge in [0.1, 0.15) is 5.75 Å². The molecule has 0 saturated heterocycles. The first kappa shape index (κ1) is 15.6. The molecule has 0 aliphatic rings. The lowest BCUT2D eigenvalue weighted by molar-refractivity contribution is 0.414. The molecule has 2 rings (SSSR count). The van der Waals surface area contributed by atoms with Gasteiger partial charge in [-0.15, -0.1) is 0 Å². The Morgan fingerprint density at radius 1 is 1.10 bits per heavy atom. The molecule has 0 N–H and O–H groups in total. The molecule has 0 fully saturated rings. The highest BCUT2D eigenvalue weighted by Crippen LogP contribution is 2.22. The third-order valence-electron chi connectivity index (χ3n) is 2.77. The molecule has 0 aliphatic heterocycles. The van der Waals surface area contributed by atoms with Crippen LogP contribution in [0.4, 0.5) is 0 Å². The normalized spacial score (nSPS) is 12.3. The van der Waals surface area contributed by atoms with Crippen LogP contribution in [-0.4, -0.2) is 30.2 Å². The first-order valence-corrected chi connectivity index (χ1v) is 9.41. The Hall–Kier alpha value is -1.80. The van der Waals surface area contributed by atoms with Gasteiger partial charge in [-0.2, -0.15) is 0 Å². The first-order chi connectivity index (χ1) is 9.72. The molecule has 8 heteroatoms. The van der Waals surface area contributed by atoms with Crippen molar-refractivity contribution in [2.24, 2.45) is 0 Å². The van der Waals surface area contributed by atoms with Crippen LogP contribution in [0.15, 0.2) is 51.0 Å². The largest absolute Gasteiger partial charge is 0.497 e. The SMILES string of the molecule is COc1ccc(S(=O)(=O)Cc2coc(S(C)(=O)=O)c2)cc1. The third kappa shape index (κ3) is 3.64. The predicted molar refractivity (Wildman–Crippen MR) is 75.7 cm³/mol. The lowest BCUT2D eigenvalue weighted by Gasteiger charge is -2.04. The molecular formula is C13H14O6S2. The molecule has 1 aromatic heterocycles. The molecule has 0 aliphatic carbocycles. The summed E-state index contributed by atoms with van der Waals surface area (Å²) in [7, 11) is -5.58. The van der Waals surface area contributed by atoms with Crippen LogP contribution in [0.25, 0.3) is 0 Å². The van der Waals surface area contributed by atoms with Crippen LogP contribution in [0.5, 0.6) is 5.75 Å². The van der Waals surface area contributed by atoms with Crippen LogP contribution in [0.3, 0.4) is 0 Å². The number of benzene rings is 1. The number of rotatable bonds is 5. The minimum atomic E-state index is -3.58. The van der Waals surface area contributed by atoms with Crippen molar-refractivity contribution in [2.75, 3.05) is 13.4 Å². The second kappa shape index (κ2) is 5.53. The molecule has 0 atom stereocenters. The topological polar surface area (TPSA) is 90.7 Å². The third-order valence-corrected chi connectivity index (χ3v) is 5.42. The fourth-order valence-electron chi connectivity index (χ4n) is 1.71. The zero-order chi connectivity index (χ0) is 15.7.